The SMILES string of the molecule is C#CCNC(=O)C1CCc2nnc(C3CCN(C(=O)c4ccc(Cl)cc4Cl)CC3)n21. The Morgan fingerprint density at radius 1 is 1.20 bits per heavy atom. The molecule has 7 nitrogen and oxygen atoms in total. The second kappa shape index (κ2) is 8.66. The van der Waals surface area contributed by atoms with E-state index >= 15 is 0 Å². The Balaban J connectivity index is 1.45. The molecule has 2 aromatic rings. The summed E-state index contributed by atoms with van der Waals surface area (Å²) in [7, 11) is 0. The highest BCUT2D eigenvalue weighted by Gasteiger charge is 2.36. The summed E-state index contributed by atoms with van der Waals surface area (Å²) < 4.78 is 1.96. The van der Waals surface area contributed by atoms with Gasteiger partial charge in [-0.3, -0.25) is 9.59 Å². The number of carbonyl (C=O) groups is 2. The maximum absolute atomic E-state index is 12.9. The average molecular weight is 446 g/mol. The second-order valence-corrected chi connectivity index (χ2v) is 8.36. The van der Waals surface area contributed by atoms with Gasteiger partial charge in [-0.15, -0.1) is 16.6 Å². The van der Waals surface area contributed by atoms with Crippen molar-refractivity contribution in [2.75, 3.05) is 19.6 Å². The Bertz CT molecular complexity index is 1020. The number of hydrogen-bond acceptors (Lipinski definition) is 4. The van der Waals surface area contributed by atoms with Gasteiger partial charge in [0.25, 0.3) is 5.91 Å². The first-order valence-electron chi connectivity index (χ1n) is 9.88. The van der Waals surface area contributed by atoms with E-state index in [1.54, 1.807) is 23.1 Å². The highest BCUT2D eigenvalue weighted by molar-refractivity contribution is 6.36. The van der Waals surface area contributed by atoms with Crippen LogP contribution in [0.4, 0.5) is 0 Å². The van der Waals surface area contributed by atoms with Crippen LogP contribution in [-0.2, 0) is 11.2 Å². The molecule has 1 fully saturated rings. The van der Waals surface area contributed by atoms with Crippen molar-refractivity contribution >= 4 is 35.0 Å². The molecule has 30 heavy (non-hydrogen) atoms. The summed E-state index contributed by atoms with van der Waals surface area (Å²) in [5.41, 5.74) is 0.452. The summed E-state index contributed by atoms with van der Waals surface area (Å²) in [5, 5.41) is 12.3. The van der Waals surface area contributed by atoms with E-state index in [0.29, 0.717) is 41.5 Å². The topological polar surface area (TPSA) is 80.1 Å². The number of hydrogen-bond donors (Lipinski definition) is 1. The van der Waals surface area contributed by atoms with Gasteiger partial charge in [0.15, 0.2) is 0 Å². The number of halogens is 2. The molecule has 2 aliphatic heterocycles. The summed E-state index contributed by atoms with van der Waals surface area (Å²) in [5.74, 6) is 4.01. The fourth-order valence-corrected chi connectivity index (χ4v) is 4.69. The number of rotatable bonds is 4. The largest absolute Gasteiger partial charge is 0.343 e. The maximum atomic E-state index is 12.9. The van der Waals surface area contributed by atoms with Crippen LogP contribution in [0.3, 0.4) is 0 Å². The first-order chi connectivity index (χ1) is 14.5. The fourth-order valence-electron chi connectivity index (χ4n) is 4.20. The number of aryl methyl sites for hydroxylation is 1. The summed E-state index contributed by atoms with van der Waals surface area (Å²) >= 11 is 12.1. The number of aromatic nitrogens is 3. The maximum Gasteiger partial charge on any atom is 0.255 e. The van der Waals surface area contributed by atoms with Crippen LogP contribution in [0, 0.1) is 12.3 Å². The van der Waals surface area contributed by atoms with E-state index in [1.165, 1.54) is 0 Å². The number of likely N-dealkylation sites (tertiary alicyclic amines) is 1. The van der Waals surface area contributed by atoms with E-state index in [1.807, 2.05) is 4.57 Å². The number of benzene rings is 1. The number of nitrogens with one attached hydrogen (secondary N) is 1. The molecular formula is C21H21Cl2N5O2. The molecule has 3 heterocycles. The van der Waals surface area contributed by atoms with E-state index in [9.17, 15) is 9.59 Å². The van der Waals surface area contributed by atoms with Crippen LogP contribution in [0.25, 0.3) is 0 Å². The quantitative estimate of drug-likeness (QED) is 0.733. The normalized spacial score (nSPS) is 18.7. The van der Waals surface area contributed by atoms with Gasteiger partial charge in [-0.25, -0.2) is 0 Å². The minimum Gasteiger partial charge on any atom is -0.343 e. The van der Waals surface area contributed by atoms with Crippen molar-refractivity contribution in [2.45, 2.75) is 37.6 Å². The zero-order valence-electron chi connectivity index (χ0n) is 16.3. The summed E-state index contributed by atoms with van der Waals surface area (Å²) in [6.07, 6.45) is 8.15. The Labute approximate surface area is 184 Å². The van der Waals surface area contributed by atoms with Gasteiger partial charge in [0.1, 0.15) is 17.7 Å². The van der Waals surface area contributed by atoms with E-state index in [4.69, 9.17) is 29.6 Å². The van der Waals surface area contributed by atoms with Crippen molar-refractivity contribution in [1.82, 2.24) is 25.0 Å². The lowest BCUT2D eigenvalue weighted by molar-refractivity contribution is -0.123. The molecule has 4 rings (SSSR count). The van der Waals surface area contributed by atoms with Crippen molar-refractivity contribution in [3.8, 4) is 12.3 Å². The summed E-state index contributed by atoms with van der Waals surface area (Å²) in [6.45, 7) is 1.37. The van der Waals surface area contributed by atoms with Crippen LogP contribution >= 0.6 is 23.2 Å². The van der Waals surface area contributed by atoms with Crippen molar-refractivity contribution < 1.29 is 9.59 Å². The van der Waals surface area contributed by atoms with Crippen molar-refractivity contribution in [3.05, 3.63) is 45.5 Å². The molecule has 0 radical (unpaired) electrons. The molecule has 1 N–H and O–H groups in total. The molecular weight excluding hydrogens is 425 g/mol. The van der Waals surface area contributed by atoms with E-state index in [-0.39, 0.29) is 30.3 Å². The fraction of sp³-hybridized carbons (Fsp3) is 0.429. The third kappa shape index (κ3) is 3.90. The van der Waals surface area contributed by atoms with Crippen LogP contribution in [0.2, 0.25) is 10.0 Å². The van der Waals surface area contributed by atoms with E-state index in [2.05, 4.69) is 21.4 Å². The highest BCUT2D eigenvalue weighted by Crippen LogP contribution is 2.34. The molecule has 1 aromatic carbocycles. The average Bonchev–Trinajstić information content (AvgIpc) is 3.34. The van der Waals surface area contributed by atoms with Gasteiger partial charge in [-0.2, -0.15) is 0 Å². The molecule has 0 saturated carbocycles. The number of amides is 2. The van der Waals surface area contributed by atoms with Crippen molar-refractivity contribution in [3.63, 3.8) is 0 Å². The highest BCUT2D eigenvalue weighted by atomic mass is 35.5. The number of piperidine rings is 1. The number of terminal acetylenes is 1. The minimum atomic E-state index is -0.328. The van der Waals surface area contributed by atoms with Crippen LogP contribution in [0.5, 0.6) is 0 Å². The van der Waals surface area contributed by atoms with E-state index < -0.39 is 0 Å². The Kier molecular flexibility index (Phi) is 5.98. The molecule has 1 atom stereocenters. The molecule has 9 heteroatoms. The van der Waals surface area contributed by atoms with Crippen LogP contribution in [0.15, 0.2) is 18.2 Å². The molecule has 1 saturated heterocycles. The van der Waals surface area contributed by atoms with Gasteiger partial charge in [-0.05, 0) is 37.5 Å². The second-order valence-electron chi connectivity index (χ2n) is 7.51. The predicted octanol–water partition coefficient (Wildman–Crippen LogP) is 2.84. The summed E-state index contributed by atoms with van der Waals surface area (Å²) in [6, 6.07) is 4.57. The van der Waals surface area contributed by atoms with Crippen LogP contribution in [0.1, 0.15) is 53.2 Å². The van der Waals surface area contributed by atoms with Gasteiger partial charge >= 0.3 is 0 Å². The zero-order valence-corrected chi connectivity index (χ0v) is 17.8. The van der Waals surface area contributed by atoms with Gasteiger partial charge in [0.2, 0.25) is 5.91 Å². The molecule has 1 aromatic heterocycles. The van der Waals surface area contributed by atoms with Crippen molar-refractivity contribution in [1.29, 1.82) is 0 Å². The molecule has 0 spiro atoms. The zero-order chi connectivity index (χ0) is 21.3. The number of nitrogens with zero attached hydrogens (tertiary/aromatic N) is 4. The number of fused-ring (bicyclic) bond motifs is 1. The van der Waals surface area contributed by atoms with Crippen LogP contribution in [-0.4, -0.2) is 51.1 Å². The molecule has 156 valence electrons. The number of carbonyl (C=O) groups excluding carboxylic acids is 2. The minimum absolute atomic E-state index is 0.0993. The summed E-state index contributed by atoms with van der Waals surface area (Å²) in [4.78, 5) is 27.1. The Morgan fingerprint density at radius 2 is 1.97 bits per heavy atom. The third-order valence-electron chi connectivity index (χ3n) is 5.72. The molecule has 0 aliphatic carbocycles. The Morgan fingerprint density at radius 3 is 2.67 bits per heavy atom. The molecule has 0 bridgehead atoms. The lowest BCUT2D eigenvalue weighted by Crippen LogP contribution is -2.39. The van der Waals surface area contributed by atoms with Crippen LogP contribution < -0.4 is 5.32 Å². The molecule has 2 amide bonds. The molecule has 2 aliphatic rings. The standard InChI is InChI=1S/C21H21Cl2N5O2/c1-2-9-24-20(29)17-5-6-18-25-26-19(28(17)18)13-7-10-27(11-8-13)21(30)15-4-3-14(22)12-16(15)23/h1,3-4,12-13,17H,5-11H2,(H,24,29). The van der Waals surface area contributed by atoms with Crippen molar-refractivity contribution in [2.24, 2.45) is 0 Å². The Hall–Kier alpha value is -2.56. The lowest BCUT2D eigenvalue weighted by atomic mass is 9.95. The molecule has 1 unspecified atom stereocenters. The predicted molar refractivity (Wildman–Crippen MR) is 114 cm³/mol. The lowest BCUT2D eigenvalue weighted by Gasteiger charge is -2.32. The van der Waals surface area contributed by atoms with Gasteiger partial charge in [0, 0.05) is 30.5 Å². The first-order valence-corrected chi connectivity index (χ1v) is 10.6. The smallest absolute Gasteiger partial charge is 0.255 e. The van der Waals surface area contributed by atoms with Gasteiger partial charge < -0.3 is 14.8 Å². The van der Waals surface area contributed by atoms with E-state index in [0.717, 1.165) is 24.5 Å². The monoisotopic (exact) mass is 445 g/mol. The van der Waals surface area contributed by atoms with Gasteiger partial charge in [0.05, 0.1) is 17.1 Å². The first kappa shape index (κ1) is 20.7. The third-order valence-corrected chi connectivity index (χ3v) is 6.27. The van der Waals surface area contributed by atoms with Gasteiger partial charge in [-0.1, -0.05) is 29.1 Å².